The third-order valence-corrected chi connectivity index (χ3v) is 3.78. The highest BCUT2D eigenvalue weighted by Gasteiger charge is 2.55. The van der Waals surface area contributed by atoms with Crippen LogP contribution in [0, 0.1) is 11.8 Å². The summed E-state index contributed by atoms with van der Waals surface area (Å²) in [5, 5.41) is 30.9. The van der Waals surface area contributed by atoms with Crippen molar-refractivity contribution in [3.63, 3.8) is 0 Å². The highest BCUT2D eigenvalue weighted by Crippen LogP contribution is 2.39. The van der Waals surface area contributed by atoms with Gasteiger partial charge in [0.05, 0.1) is 12.0 Å². The normalized spacial score (nSPS) is 31.2. The Bertz CT molecular complexity index is 765. The summed E-state index contributed by atoms with van der Waals surface area (Å²) in [4.78, 5) is 8.04. The van der Waals surface area contributed by atoms with Crippen molar-refractivity contribution in [1.82, 2.24) is 14.5 Å². The van der Waals surface area contributed by atoms with Crippen LogP contribution in [0.25, 0.3) is 11.0 Å². The zero-order valence-electron chi connectivity index (χ0n) is 11.8. The molecule has 2 aromatic rings. The Hall–Kier alpha value is -2.18. The Labute approximate surface area is 126 Å². The number of ether oxygens (including phenoxy) is 1. The summed E-state index contributed by atoms with van der Waals surface area (Å²) in [5.74, 6) is 5.46. The number of aromatic nitrogens is 3. The standard InChI is InChI=1S/C14H16N4O4/c1-2-4-14(21)10(20)9(6-19)22-13(14)18-5-3-8-11(15)16-7-17-12(8)18/h3,5,7,9-10,13,19-21H,6H2,1H3,(H2,15,16,17)/t9-,10-,13?,14-/m1/s1. The van der Waals surface area contributed by atoms with Crippen LogP contribution in [0.2, 0.25) is 0 Å². The van der Waals surface area contributed by atoms with Gasteiger partial charge in [-0.1, -0.05) is 5.92 Å². The molecule has 22 heavy (non-hydrogen) atoms. The van der Waals surface area contributed by atoms with E-state index in [0.717, 1.165) is 0 Å². The molecule has 1 fully saturated rings. The lowest BCUT2D eigenvalue weighted by atomic mass is 9.94. The molecular weight excluding hydrogens is 288 g/mol. The van der Waals surface area contributed by atoms with Crippen molar-refractivity contribution in [3.8, 4) is 11.8 Å². The third kappa shape index (κ3) is 1.95. The van der Waals surface area contributed by atoms with Crippen molar-refractivity contribution in [3.05, 3.63) is 18.6 Å². The predicted octanol–water partition coefficient (Wildman–Crippen LogP) is -0.982. The molecule has 116 valence electrons. The van der Waals surface area contributed by atoms with Gasteiger partial charge in [-0.25, -0.2) is 9.97 Å². The minimum absolute atomic E-state index is 0.297. The summed E-state index contributed by atoms with van der Waals surface area (Å²) < 4.78 is 7.12. The van der Waals surface area contributed by atoms with E-state index >= 15 is 0 Å². The highest BCUT2D eigenvalue weighted by molar-refractivity contribution is 5.86. The highest BCUT2D eigenvalue weighted by atomic mass is 16.6. The van der Waals surface area contributed by atoms with Gasteiger partial charge in [-0.05, 0) is 13.0 Å². The maximum Gasteiger partial charge on any atom is 0.199 e. The van der Waals surface area contributed by atoms with Gasteiger partial charge in [-0.3, -0.25) is 0 Å². The lowest BCUT2D eigenvalue weighted by Gasteiger charge is -2.26. The molecular formula is C14H16N4O4. The van der Waals surface area contributed by atoms with Gasteiger partial charge < -0.3 is 30.4 Å². The maximum atomic E-state index is 10.8. The first-order chi connectivity index (χ1) is 10.5. The van der Waals surface area contributed by atoms with E-state index in [1.165, 1.54) is 10.9 Å². The summed E-state index contributed by atoms with van der Waals surface area (Å²) in [6.45, 7) is 1.10. The fraction of sp³-hybridized carbons (Fsp3) is 0.429. The van der Waals surface area contributed by atoms with Crippen LogP contribution < -0.4 is 5.73 Å². The molecule has 1 aliphatic rings. The summed E-state index contributed by atoms with van der Waals surface area (Å²) >= 11 is 0. The molecule has 0 saturated carbocycles. The molecule has 0 radical (unpaired) electrons. The first-order valence-corrected chi connectivity index (χ1v) is 6.70. The SMILES string of the molecule is CC#C[C@]1(O)C(n2ccc3c(N)ncnc32)O[C@H](CO)[C@H]1O. The van der Waals surface area contributed by atoms with Crippen molar-refractivity contribution in [2.75, 3.05) is 12.3 Å². The quantitative estimate of drug-likeness (QED) is 0.525. The molecule has 1 saturated heterocycles. The number of nitrogens with zero attached hydrogens (tertiary/aromatic N) is 3. The molecule has 3 heterocycles. The van der Waals surface area contributed by atoms with Crippen LogP contribution in [0.1, 0.15) is 13.2 Å². The van der Waals surface area contributed by atoms with Gasteiger partial charge in [0.15, 0.2) is 11.8 Å². The third-order valence-electron chi connectivity index (χ3n) is 3.78. The monoisotopic (exact) mass is 304 g/mol. The zero-order chi connectivity index (χ0) is 15.9. The van der Waals surface area contributed by atoms with E-state index < -0.39 is 30.6 Å². The molecule has 0 bridgehead atoms. The van der Waals surface area contributed by atoms with Crippen LogP contribution >= 0.6 is 0 Å². The molecule has 8 nitrogen and oxygen atoms in total. The lowest BCUT2D eigenvalue weighted by Crippen LogP contribution is -2.45. The van der Waals surface area contributed by atoms with Crippen molar-refractivity contribution in [2.45, 2.75) is 31.0 Å². The van der Waals surface area contributed by atoms with Crippen molar-refractivity contribution < 1.29 is 20.1 Å². The Balaban J connectivity index is 2.15. The van der Waals surface area contributed by atoms with E-state index in [-0.39, 0.29) is 0 Å². The molecule has 8 heteroatoms. The number of rotatable bonds is 2. The van der Waals surface area contributed by atoms with Crippen LogP contribution in [-0.2, 0) is 4.74 Å². The van der Waals surface area contributed by atoms with E-state index in [1.54, 1.807) is 19.2 Å². The molecule has 0 aliphatic carbocycles. The average molecular weight is 304 g/mol. The summed E-state index contributed by atoms with van der Waals surface area (Å²) in [6.07, 6.45) is -0.416. The van der Waals surface area contributed by atoms with Crippen LogP contribution in [-0.4, -0.2) is 54.3 Å². The van der Waals surface area contributed by atoms with E-state index in [0.29, 0.717) is 16.9 Å². The Kier molecular flexibility index (Phi) is 3.50. The van der Waals surface area contributed by atoms with Crippen molar-refractivity contribution >= 4 is 16.9 Å². The van der Waals surface area contributed by atoms with E-state index in [4.69, 9.17) is 10.5 Å². The average Bonchev–Trinajstić information content (AvgIpc) is 3.02. The molecule has 5 N–H and O–H groups in total. The number of nitrogens with two attached hydrogens (primary N) is 1. The number of fused-ring (bicyclic) bond motifs is 1. The second-order valence-electron chi connectivity index (χ2n) is 5.07. The van der Waals surface area contributed by atoms with E-state index in [1.807, 2.05) is 0 Å². The largest absolute Gasteiger partial charge is 0.394 e. The molecule has 1 unspecified atom stereocenters. The first-order valence-electron chi connectivity index (χ1n) is 6.70. The number of nitrogen functional groups attached to an aromatic ring is 1. The summed E-state index contributed by atoms with van der Waals surface area (Å²) in [6, 6.07) is 1.69. The van der Waals surface area contributed by atoms with Gasteiger partial charge in [0.25, 0.3) is 0 Å². The number of anilines is 1. The lowest BCUT2D eigenvalue weighted by molar-refractivity contribution is -0.0719. The number of hydrogen-bond donors (Lipinski definition) is 4. The smallest absolute Gasteiger partial charge is 0.199 e. The fourth-order valence-electron chi connectivity index (χ4n) is 2.71. The molecule has 0 spiro atoms. The van der Waals surface area contributed by atoms with E-state index in [9.17, 15) is 15.3 Å². The molecule has 2 aromatic heterocycles. The van der Waals surface area contributed by atoms with Crippen LogP contribution in [0.3, 0.4) is 0 Å². The minimum Gasteiger partial charge on any atom is -0.394 e. The maximum absolute atomic E-state index is 10.8. The van der Waals surface area contributed by atoms with Crippen LogP contribution in [0.4, 0.5) is 5.82 Å². The summed E-state index contributed by atoms with van der Waals surface area (Å²) in [5.41, 5.74) is 4.37. The fourth-order valence-corrected chi connectivity index (χ4v) is 2.71. The Morgan fingerprint density at radius 1 is 1.50 bits per heavy atom. The second kappa shape index (κ2) is 5.23. The first kappa shape index (κ1) is 14.7. The predicted molar refractivity (Wildman–Crippen MR) is 77.3 cm³/mol. The molecule has 1 aliphatic heterocycles. The van der Waals surface area contributed by atoms with Gasteiger partial charge in [-0.15, -0.1) is 5.92 Å². The van der Waals surface area contributed by atoms with Gasteiger partial charge >= 0.3 is 0 Å². The number of hydrogen-bond acceptors (Lipinski definition) is 7. The van der Waals surface area contributed by atoms with Crippen LogP contribution in [0.5, 0.6) is 0 Å². The molecule has 4 atom stereocenters. The Morgan fingerprint density at radius 2 is 2.27 bits per heavy atom. The zero-order valence-corrected chi connectivity index (χ0v) is 11.8. The minimum atomic E-state index is -1.87. The molecule has 0 amide bonds. The number of aliphatic hydroxyl groups is 3. The number of aliphatic hydroxyl groups excluding tert-OH is 2. The summed E-state index contributed by atoms with van der Waals surface area (Å²) in [7, 11) is 0. The second-order valence-corrected chi connectivity index (χ2v) is 5.07. The van der Waals surface area contributed by atoms with Gasteiger partial charge in [-0.2, -0.15) is 0 Å². The van der Waals surface area contributed by atoms with E-state index in [2.05, 4.69) is 21.8 Å². The van der Waals surface area contributed by atoms with Crippen molar-refractivity contribution in [2.24, 2.45) is 0 Å². The van der Waals surface area contributed by atoms with Crippen molar-refractivity contribution in [1.29, 1.82) is 0 Å². The Morgan fingerprint density at radius 3 is 2.95 bits per heavy atom. The molecule has 0 aromatic carbocycles. The van der Waals surface area contributed by atoms with Gasteiger partial charge in [0.1, 0.15) is 30.0 Å². The van der Waals surface area contributed by atoms with Crippen LogP contribution in [0.15, 0.2) is 18.6 Å². The van der Waals surface area contributed by atoms with Gasteiger partial charge in [0, 0.05) is 6.20 Å². The topological polar surface area (TPSA) is 127 Å². The molecule has 3 rings (SSSR count). The van der Waals surface area contributed by atoms with Gasteiger partial charge in [0.2, 0.25) is 0 Å².